The molecule has 5 rings (SSSR count). The SMILES string of the molecule is CCOc1cccc(CN2C(=O)C(O)=C(C(=O)c3cc4cc(Cl)cc(OC)c4o3)C2c2ccc(OC)cc2)c1. The van der Waals surface area contributed by atoms with Crippen LogP contribution in [0.2, 0.25) is 5.02 Å². The average molecular weight is 548 g/mol. The number of hydrogen-bond acceptors (Lipinski definition) is 7. The van der Waals surface area contributed by atoms with Crippen LogP contribution in [-0.2, 0) is 11.3 Å². The number of hydrogen-bond donors (Lipinski definition) is 1. The number of Topliss-reactive ketones (excluding diaryl/α,β-unsaturated/α-hetero) is 1. The van der Waals surface area contributed by atoms with Crippen LogP contribution >= 0.6 is 11.6 Å². The predicted octanol–water partition coefficient (Wildman–Crippen LogP) is 6.28. The largest absolute Gasteiger partial charge is 0.503 e. The maximum atomic E-state index is 13.9. The molecule has 0 bridgehead atoms. The highest BCUT2D eigenvalue weighted by Gasteiger charge is 2.44. The smallest absolute Gasteiger partial charge is 0.290 e. The first kappa shape index (κ1) is 26.2. The van der Waals surface area contributed by atoms with Crippen LogP contribution in [-0.4, -0.2) is 42.5 Å². The quantitative estimate of drug-likeness (QED) is 0.246. The highest BCUT2D eigenvalue weighted by Crippen LogP contribution is 2.42. The van der Waals surface area contributed by atoms with Gasteiger partial charge in [0.2, 0.25) is 5.78 Å². The van der Waals surface area contributed by atoms with Gasteiger partial charge in [-0.2, -0.15) is 0 Å². The van der Waals surface area contributed by atoms with Crippen molar-refractivity contribution in [3.05, 3.63) is 100.0 Å². The third-order valence-corrected chi connectivity index (χ3v) is 6.75. The van der Waals surface area contributed by atoms with Crippen LogP contribution in [0.5, 0.6) is 17.2 Å². The second-order valence-electron chi connectivity index (χ2n) is 8.92. The molecule has 1 N–H and O–H groups in total. The van der Waals surface area contributed by atoms with Crippen molar-refractivity contribution in [1.82, 2.24) is 4.90 Å². The number of aliphatic hydroxyl groups is 1. The Hall–Kier alpha value is -4.43. The summed E-state index contributed by atoms with van der Waals surface area (Å²) in [6.45, 7) is 2.51. The number of carbonyl (C=O) groups excluding carboxylic acids is 2. The van der Waals surface area contributed by atoms with Crippen molar-refractivity contribution >= 4 is 34.3 Å². The van der Waals surface area contributed by atoms with E-state index in [0.29, 0.717) is 45.4 Å². The molecule has 0 aliphatic carbocycles. The number of methoxy groups -OCH3 is 2. The molecule has 1 unspecified atom stereocenters. The monoisotopic (exact) mass is 547 g/mol. The van der Waals surface area contributed by atoms with E-state index in [4.69, 9.17) is 30.2 Å². The Balaban J connectivity index is 1.58. The Bertz CT molecular complexity index is 1590. The van der Waals surface area contributed by atoms with E-state index < -0.39 is 23.5 Å². The zero-order valence-corrected chi connectivity index (χ0v) is 22.3. The van der Waals surface area contributed by atoms with Gasteiger partial charge < -0.3 is 28.6 Å². The summed E-state index contributed by atoms with van der Waals surface area (Å²) in [7, 11) is 3.02. The maximum Gasteiger partial charge on any atom is 0.290 e. The van der Waals surface area contributed by atoms with E-state index >= 15 is 0 Å². The molecule has 39 heavy (non-hydrogen) atoms. The molecular formula is C30H26ClNO7. The Labute approximate surface area is 229 Å². The predicted molar refractivity (Wildman–Crippen MR) is 146 cm³/mol. The number of fused-ring (bicyclic) bond motifs is 1. The van der Waals surface area contributed by atoms with Crippen molar-refractivity contribution in [2.24, 2.45) is 0 Å². The number of ether oxygens (including phenoxy) is 3. The lowest BCUT2D eigenvalue weighted by atomic mass is 9.94. The molecule has 9 heteroatoms. The Morgan fingerprint density at radius 1 is 1.03 bits per heavy atom. The number of carbonyl (C=O) groups is 2. The normalized spacial score (nSPS) is 15.2. The second-order valence-corrected chi connectivity index (χ2v) is 9.35. The minimum Gasteiger partial charge on any atom is -0.503 e. The summed E-state index contributed by atoms with van der Waals surface area (Å²) in [6.07, 6.45) is 0. The molecule has 0 saturated heterocycles. The molecule has 1 amide bonds. The number of amides is 1. The zero-order chi connectivity index (χ0) is 27.7. The average Bonchev–Trinajstić information content (AvgIpc) is 3.47. The van der Waals surface area contributed by atoms with E-state index in [1.807, 2.05) is 31.2 Å². The van der Waals surface area contributed by atoms with Crippen molar-refractivity contribution in [2.75, 3.05) is 20.8 Å². The van der Waals surface area contributed by atoms with Gasteiger partial charge in [0.15, 0.2) is 22.9 Å². The molecule has 0 fully saturated rings. The molecular weight excluding hydrogens is 522 g/mol. The van der Waals surface area contributed by atoms with Crippen LogP contribution in [0.1, 0.15) is 34.6 Å². The molecule has 0 radical (unpaired) electrons. The van der Waals surface area contributed by atoms with Crippen LogP contribution in [0.4, 0.5) is 0 Å². The topological polar surface area (TPSA) is 98.4 Å². The molecule has 4 aromatic rings. The first-order valence-electron chi connectivity index (χ1n) is 12.3. The zero-order valence-electron chi connectivity index (χ0n) is 21.6. The number of benzene rings is 3. The lowest BCUT2D eigenvalue weighted by Gasteiger charge is -2.27. The van der Waals surface area contributed by atoms with Gasteiger partial charge in [0.25, 0.3) is 5.91 Å². The van der Waals surface area contributed by atoms with Gasteiger partial charge in [-0.3, -0.25) is 9.59 Å². The molecule has 8 nitrogen and oxygen atoms in total. The maximum absolute atomic E-state index is 13.9. The summed E-state index contributed by atoms with van der Waals surface area (Å²) in [6, 6.07) is 18.2. The number of aliphatic hydroxyl groups excluding tert-OH is 1. The van der Waals surface area contributed by atoms with Crippen molar-refractivity contribution in [2.45, 2.75) is 19.5 Å². The molecule has 0 spiro atoms. The fourth-order valence-electron chi connectivity index (χ4n) is 4.76. The number of nitrogens with zero attached hydrogens (tertiary/aromatic N) is 1. The molecule has 1 aliphatic rings. The lowest BCUT2D eigenvalue weighted by Crippen LogP contribution is -2.30. The summed E-state index contributed by atoms with van der Waals surface area (Å²) in [5.41, 5.74) is 1.64. The number of rotatable bonds is 9. The summed E-state index contributed by atoms with van der Waals surface area (Å²) in [5, 5.41) is 12.0. The summed E-state index contributed by atoms with van der Waals surface area (Å²) in [4.78, 5) is 28.8. The standard InChI is InChI=1S/C30H26ClNO7/c1-4-38-22-7-5-6-17(12-22)16-32-26(18-8-10-21(36-2)11-9-18)25(28(34)30(32)35)27(33)23-14-19-13-20(31)15-24(37-3)29(19)39-23/h5-15,26,34H,4,16H2,1-3H3. The van der Waals surface area contributed by atoms with Gasteiger partial charge in [0, 0.05) is 23.0 Å². The van der Waals surface area contributed by atoms with Gasteiger partial charge >= 0.3 is 0 Å². The summed E-state index contributed by atoms with van der Waals surface area (Å²) >= 11 is 6.19. The van der Waals surface area contributed by atoms with E-state index in [1.54, 1.807) is 43.5 Å². The minimum absolute atomic E-state index is 0.0568. The highest BCUT2D eigenvalue weighted by atomic mass is 35.5. The third-order valence-electron chi connectivity index (χ3n) is 6.53. The van der Waals surface area contributed by atoms with Crippen molar-refractivity contribution < 1.29 is 33.3 Å². The molecule has 200 valence electrons. The number of ketones is 1. The van der Waals surface area contributed by atoms with E-state index in [0.717, 1.165) is 5.56 Å². The summed E-state index contributed by atoms with van der Waals surface area (Å²) in [5.74, 6) is -0.350. The fraction of sp³-hybridized carbons (Fsp3) is 0.200. The lowest BCUT2D eigenvalue weighted by molar-refractivity contribution is -0.130. The van der Waals surface area contributed by atoms with Crippen molar-refractivity contribution in [3.63, 3.8) is 0 Å². The first-order chi connectivity index (χ1) is 18.8. The highest BCUT2D eigenvalue weighted by molar-refractivity contribution is 6.31. The van der Waals surface area contributed by atoms with Gasteiger partial charge in [0.1, 0.15) is 11.5 Å². The van der Waals surface area contributed by atoms with Gasteiger partial charge in [-0.15, -0.1) is 0 Å². The van der Waals surface area contributed by atoms with Gasteiger partial charge in [0.05, 0.1) is 32.4 Å². The van der Waals surface area contributed by atoms with Crippen LogP contribution in [0.25, 0.3) is 11.0 Å². The van der Waals surface area contributed by atoms with Crippen LogP contribution in [0.15, 0.2) is 82.5 Å². The van der Waals surface area contributed by atoms with Gasteiger partial charge in [-0.05, 0) is 54.4 Å². The van der Waals surface area contributed by atoms with Crippen molar-refractivity contribution in [1.29, 1.82) is 0 Å². The van der Waals surface area contributed by atoms with Gasteiger partial charge in [-0.1, -0.05) is 35.9 Å². The van der Waals surface area contributed by atoms with Crippen LogP contribution in [0, 0.1) is 0 Å². The Morgan fingerprint density at radius 3 is 2.49 bits per heavy atom. The third kappa shape index (κ3) is 4.91. The molecule has 0 saturated carbocycles. The van der Waals surface area contributed by atoms with Crippen molar-refractivity contribution in [3.8, 4) is 17.2 Å². The fourth-order valence-corrected chi connectivity index (χ4v) is 4.98. The number of halogens is 1. The van der Waals surface area contributed by atoms with Crippen LogP contribution in [0.3, 0.4) is 0 Å². The van der Waals surface area contributed by atoms with E-state index in [1.165, 1.54) is 18.1 Å². The first-order valence-corrected chi connectivity index (χ1v) is 12.6. The molecule has 1 aromatic heterocycles. The minimum atomic E-state index is -0.884. The van der Waals surface area contributed by atoms with E-state index in [-0.39, 0.29) is 17.9 Å². The number of furan rings is 1. The summed E-state index contributed by atoms with van der Waals surface area (Å²) < 4.78 is 22.1. The molecule has 1 atom stereocenters. The molecule has 1 aliphatic heterocycles. The van der Waals surface area contributed by atoms with E-state index in [9.17, 15) is 14.7 Å². The van der Waals surface area contributed by atoms with Gasteiger partial charge in [-0.25, -0.2) is 0 Å². The Kier molecular flexibility index (Phi) is 7.21. The van der Waals surface area contributed by atoms with Crippen LogP contribution < -0.4 is 14.2 Å². The molecule has 2 heterocycles. The second kappa shape index (κ2) is 10.7. The molecule has 3 aromatic carbocycles. The Morgan fingerprint density at radius 2 is 1.79 bits per heavy atom. The van der Waals surface area contributed by atoms with E-state index in [2.05, 4.69) is 0 Å².